The predicted molar refractivity (Wildman–Crippen MR) is 147 cm³/mol. The van der Waals surface area contributed by atoms with Crippen LogP contribution in [0.5, 0.6) is 5.75 Å². The Hall–Kier alpha value is -3.83. The van der Waals surface area contributed by atoms with Crippen molar-refractivity contribution in [3.63, 3.8) is 0 Å². The molecule has 6 rings (SSSR count). The average molecular weight is 549 g/mol. The van der Waals surface area contributed by atoms with Crippen LogP contribution in [0, 0.1) is 6.92 Å². The van der Waals surface area contributed by atoms with Gasteiger partial charge in [0, 0.05) is 29.9 Å². The first-order valence-electron chi connectivity index (χ1n) is 13.7. The van der Waals surface area contributed by atoms with Gasteiger partial charge in [0.1, 0.15) is 24.3 Å². The number of amides is 1. The van der Waals surface area contributed by atoms with E-state index in [9.17, 15) is 14.3 Å². The number of hydrogen-bond acceptors (Lipinski definition) is 9. The van der Waals surface area contributed by atoms with E-state index in [1.54, 1.807) is 6.07 Å². The fraction of sp³-hybridized carbons (Fsp3) is 0.448. The topological polar surface area (TPSA) is 113 Å². The molecular weight excluding hydrogens is 515 g/mol. The highest BCUT2D eigenvalue weighted by Crippen LogP contribution is 2.36. The van der Waals surface area contributed by atoms with Crippen LogP contribution < -0.4 is 15.0 Å². The number of carbonyl (C=O) groups excluding carboxylic acids is 1. The molecule has 5 atom stereocenters. The minimum Gasteiger partial charge on any atom is -0.487 e. The summed E-state index contributed by atoms with van der Waals surface area (Å²) < 4.78 is 26.4. The number of benzene rings is 2. The number of halogens is 1. The monoisotopic (exact) mass is 548 g/mol. The lowest BCUT2D eigenvalue weighted by Crippen LogP contribution is -2.64. The summed E-state index contributed by atoms with van der Waals surface area (Å²) in [5, 5.41) is 12.8. The van der Waals surface area contributed by atoms with E-state index in [1.165, 1.54) is 30.3 Å². The van der Waals surface area contributed by atoms with Crippen molar-refractivity contribution in [1.82, 2.24) is 19.9 Å². The molecule has 10 nitrogen and oxygen atoms in total. The van der Waals surface area contributed by atoms with E-state index in [-0.39, 0.29) is 6.54 Å². The zero-order valence-electron chi connectivity index (χ0n) is 22.5. The Morgan fingerprint density at radius 1 is 1.18 bits per heavy atom. The van der Waals surface area contributed by atoms with Gasteiger partial charge in [-0.05, 0) is 68.3 Å². The first-order valence-corrected chi connectivity index (χ1v) is 13.7. The number of fused-ring (bicyclic) bond motifs is 2. The molecule has 0 saturated carbocycles. The van der Waals surface area contributed by atoms with E-state index >= 15 is 0 Å². The second-order valence-electron chi connectivity index (χ2n) is 10.7. The number of likely N-dealkylation sites (tertiary alicyclic amines) is 1. The van der Waals surface area contributed by atoms with Crippen molar-refractivity contribution < 1.29 is 23.8 Å². The molecule has 1 aromatic heterocycles. The van der Waals surface area contributed by atoms with E-state index in [0.717, 1.165) is 30.0 Å². The smallest absolute Gasteiger partial charge is 0.251 e. The molecule has 40 heavy (non-hydrogen) atoms. The minimum atomic E-state index is -1.35. The molecule has 1 amide bonds. The molecule has 2 aromatic carbocycles. The predicted octanol–water partition coefficient (Wildman–Crippen LogP) is 3.27. The molecule has 3 aliphatic rings. The number of anilines is 3. The summed E-state index contributed by atoms with van der Waals surface area (Å²) in [6.45, 7) is 5.10. The number of piperidine rings is 1. The Morgan fingerprint density at radius 2 is 1.95 bits per heavy atom. The number of aliphatic hydroxyl groups is 1. The van der Waals surface area contributed by atoms with Crippen LogP contribution in [0.1, 0.15) is 25.3 Å². The lowest BCUT2D eigenvalue weighted by atomic mass is 9.90. The third kappa shape index (κ3) is 5.31. The van der Waals surface area contributed by atoms with E-state index in [0.29, 0.717) is 42.6 Å². The molecule has 3 fully saturated rings. The SMILES string of the molecule is Cc1cc(-c2ncnc(Nc3ccc(N4C5COCC4C5)cc3)n2)ccc1O[C@H]1CCN(C(=O)[C@H](C)O)C[C@H]1F. The maximum absolute atomic E-state index is 14.8. The number of nitrogens with zero attached hydrogens (tertiary/aromatic N) is 5. The van der Waals surface area contributed by atoms with Crippen LogP contribution in [0.2, 0.25) is 0 Å². The van der Waals surface area contributed by atoms with Gasteiger partial charge in [0.2, 0.25) is 5.95 Å². The zero-order valence-corrected chi connectivity index (χ0v) is 22.5. The van der Waals surface area contributed by atoms with E-state index in [4.69, 9.17) is 9.47 Å². The van der Waals surface area contributed by atoms with Crippen molar-refractivity contribution in [2.75, 3.05) is 36.5 Å². The summed E-state index contributed by atoms with van der Waals surface area (Å²) in [7, 11) is 0. The number of alkyl halides is 1. The molecule has 0 aliphatic carbocycles. The number of nitrogens with one attached hydrogen (secondary N) is 1. The van der Waals surface area contributed by atoms with Crippen LogP contribution in [0.15, 0.2) is 48.8 Å². The average Bonchev–Trinajstić information content (AvgIpc) is 2.96. The van der Waals surface area contributed by atoms with Gasteiger partial charge in [0.25, 0.3) is 5.91 Å². The number of aliphatic hydroxyl groups excluding tert-OH is 1. The molecule has 3 aromatic rings. The number of hydrogen-bond donors (Lipinski definition) is 2. The van der Waals surface area contributed by atoms with Gasteiger partial charge in [-0.2, -0.15) is 4.98 Å². The van der Waals surface area contributed by atoms with Gasteiger partial charge in [-0.25, -0.2) is 14.4 Å². The van der Waals surface area contributed by atoms with Crippen LogP contribution >= 0.6 is 0 Å². The van der Waals surface area contributed by atoms with Gasteiger partial charge in [0.15, 0.2) is 12.0 Å². The van der Waals surface area contributed by atoms with Crippen molar-refractivity contribution in [1.29, 1.82) is 0 Å². The van der Waals surface area contributed by atoms with Crippen molar-refractivity contribution in [2.45, 2.75) is 57.2 Å². The molecule has 2 unspecified atom stereocenters. The molecule has 3 aliphatic heterocycles. The molecule has 0 spiro atoms. The van der Waals surface area contributed by atoms with Gasteiger partial charge < -0.3 is 29.7 Å². The van der Waals surface area contributed by atoms with Gasteiger partial charge in [-0.1, -0.05) is 0 Å². The van der Waals surface area contributed by atoms with Crippen molar-refractivity contribution in [3.05, 3.63) is 54.4 Å². The van der Waals surface area contributed by atoms with Crippen LogP contribution in [0.4, 0.5) is 21.7 Å². The minimum absolute atomic E-state index is 0.0941. The normalized spacial score (nSPS) is 24.7. The first-order chi connectivity index (χ1) is 19.4. The van der Waals surface area contributed by atoms with Crippen LogP contribution in [0.3, 0.4) is 0 Å². The molecule has 210 valence electrons. The van der Waals surface area contributed by atoms with Crippen LogP contribution in [-0.4, -0.2) is 87.6 Å². The largest absolute Gasteiger partial charge is 0.487 e. The highest BCUT2D eigenvalue weighted by Gasteiger charge is 2.42. The number of carbonyl (C=O) groups is 1. The quantitative estimate of drug-likeness (QED) is 0.459. The molecular formula is C29H33FN6O4. The second kappa shape index (κ2) is 11.0. The van der Waals surface area contributed by atoms with Gasteiger partial charge in [-0.15, -0.1) is 0 Å². The molecule has 3 saturated heterocycles. The van der Waals surface area contributed by atoms with E-state index in [1.807, 2.05) is 31.2 Å². The van der Waals surface area contributed by atoms with Gasteiger partial charge in [-0.3, -0.25) is 4.79 Å². The molecule has 11 heteroatoms. The lowest BCUT2D eigenvalue weighted by molar-refractivity contribution is -0.143. The number of morpholine rings is 1. The molecule has 4 heterocycles. The Balaban J connectivity index is 1.09. The summed E-state index contributed by atoms with van der Waals surface area (Å²) in [6.07, 6.45) is -0.147. The lowest BCUT2D eigenvalue weighted by Gasteiger charge is -2.53. The maximum atomic E-state index is 14.8. The Bertz CT molecular complexity index is 1360. The Kier molecular flexibility index (Phi) is 7.24. The van der Waals surface area contributed by atoms with E-state index < -0.39 is 24.3 Å². The number of ether oxygens (including phenoxy) is 2. The third-order valence-corrected chi connectivity index (χ3v) is 7.81. The highest BCUT2D eigenvalue weighted by molar-refractivity contribution is 5.80. The zero-order chi connectivity index (χ0) is 27.8. The van der Waals surface area contributed by atoms with Crippen molar-refractivity contribution >= 4 is 23.2 Å². The van der Waals surface area contributed by atoms with Crippen molar-refractivity contribution in [3.8, 4) is 17.1 Å². The van der Waals surface area contributed by atoms with Crippen LogP contribution in [0.25, 0.3) is 11.4 Å². The number of aryl methyl sites for hydroxylation is 1. The third-order valence-electron chi connectivity index (χ3n) is 7.81. The molecule has 0 radical (unpaired) electrons. The fourth-order valence-corrected chi connectivity index (χ4v) is 5.67. The Labute approximate surface area is 232 Å². The molecule has 2 bridgehead atoms. The first kappa shape index (κ1) is 26.4. The summed E-state index contributed by atoms with van der Waals surface area (Å²) in [5.41, 5.74) is 3.68. The summed E-state index contributed by atoms with van der Waals surface area (Å²) in [6, 6.07) is 14.7. The standard InChI is InChI=1S/C29H33FN6O4/c1-17-11-19(3-8-25(17)40-26-9-10-35(13-24(26)30)28(38)18(2)37)27-31-16-32-29(34-27)33-20-4-6-21(7-5-20)36-22-12-23(36)15-39-14-22/h3-8,11,16,18,22-24,26,37H,9-10,12-15H2,1-2H3,(H,31,32,33,34)/t18-,22?,23?,24+,26-/m0/s1. The number of rotatable bonds is 7. The summed E-state index contributed by atoms with van der Waals surface area (Å²) >= 11 is 0. The summed E-state index contributed by atoms with van der Waals surface area (Å²) in [4.78, 5) is 29.0. The van der Waals surface area contributed by atoms with Gasteiger partial charge >= 0.3 is 0 Å². The van der Waals surface area contributed by atoms with Crippen LogP contribution in [-0.2, 0) is 9.53 Å². The maximum Gasteiger partial charge on any atom is 0.251 e. The Morgan fingerprint density at radius 3 is 2.62 bits per heavy atom. The highest BCUT2D eigenvalue weighted by atomic mass is 19.1. The fourth-order valence-electron chi connectivity index (χ4n) is 5.67. The van der Waals surface area contributed by atoms with E-state index in [2.05, 4.69) is 37.3 Å². The van der Waals surface area contributed by atoms with Crippen molar-refractivity contribution in [2.24, 2.45) is 0 Å². The van der Waals surface area contributed by atoms with Gasteiger partial charge in [0.05, 0.1) is 31.8 Å². The molecule has 2 N–H and O–H groups in total. The second-order valence-corrected chi connectivity index (χ2v) is 10.7. The number of aromatic nitrogens is 3. The summed E-state index contributed by atoms with van der Waals surface area (Å²) in [5.74, 6) is 1.04.